The lowest BCUT2D eigenvalue weighted by molar-refractivity contribution is 1.17. The van der Waals surface area contributed by atoms with Crippen LogP contribution in [0.1, 0.15) is 0 Å². The molecule has 0 saturated heterocycles. The molecule has 0 fully saturated rings. The van der Waals surface area contributed by atoms with Gasteiger partial charge in [-0.25, -0.2) is 9.97 Å². The molecule has 0 amide bonds. The van der Waals surface area contributed by atoms with Crippen molar-refractivity contribution in [1.82, 2.24) is 9.97 Å². The third kappa shape index (κ3) is 2.43. The van der Waals surface area contributed by atoms with Crippen molar-refractivity contribution in [3.63, 3.8) is 0 Å². The van der Waals surface area contributed by atoms with Crippen LogP contribution in [0.25, 0.3) is 0 Å². The van der Waals surface area contributed by atoms with E-state index < -0.39 is 0 Å². The zero-order valence-corrected chi connectivity index (χ0v) is 10.5. The third-order valence-electron chi connectivity index (χ3n) is 1.90. The quantitative estimate of drug-likeness (QED) is 0.893. The summed E-state index contributed by atoms with van der Waals surface area (Å²) in [6, 6.07) is 7.17. The lowest BCUT2D eigenvalue weighted by atomic mass is 10.3. The van der Waals surface area contributed by atoms with E-state index in [0.29, 0.717) is 16.7 Å². The summed E-state index contributed by atoms with van der Waals surface area (Å²) in [5.74, 6) is 1.03. The minimum Gasteiger partial charge on any atom is -0.384 e. The average molecular weight is 300 g/mol. The van der Waals surface area contributed by atoms with Gasteiger partial charge in [-0.05, 0) is 28.1 Å². The molecule has 0 atom stereocenters. The number of rotatable bonds is 2. The van der Waals surface area contributed by atoms with Crippen LogP contribution < -0.4 is 11.1 Å². The van der Waals surface area contributed by atoms with Gasteiger partial charge in [-0.3, -0.25) is 0 Å². The third-order valence-corrected chi connectivity index (χ3v) is 3.30. The first-order valence-electron chi connectivity index (χ1n) is 4.45. The Morgan fingerprint density at radius 2 is 2.12 bits per heavy atom. The fourth-order valence-corrected chi connectivity index (χ4v) is 1.72. The van der Waals surface area contributed by atoms with E-state index in [4.69, 9.17) is 17.3 Å². The minimum absolute atomic E-state index is 0.413. The molecule has 0 unspecified atom stereocenters. The van der Waals surface area contributed by atoms with E-state index in [9.17, 15) is 0 Å². The van der Waals surface area contributed by atoms with E-state index in [1.54, 1.807) is 12.1 Å². The summed E-state index contributed by atoms with van der Waals surface area (Å²) in [7, 11) is 0. The van der Waals surface area contributed by atoms with Gasteiger partial charge in [0.25, 0.3) is 0 Å². The molecule has 1 heterocycles. The number of halogens is 2. The Hall–Kier alpha value is -1.33. The highest BCUT2D eigenvalue weighted by Gasteiger charge is 2.04. The molecule has 1 aromatic carbocycles. The predicted molar refractivity (Wildman–Crippen MR) is 68.9 cm³/mol. The van der Waals surface area contributed by atoms with E-state index >= 15 is 0 Å². The maximum Gasteiger partial charge on any atom is 0.135 e. The summed E-state index contributed by atoms with van der Waals surface area (Å²) >= 11 is 9.35. The van der Waals surface area contributed by atoms with Gasteiger partial charge in [0.2, 0.25) is 0 Å². The summed E-state index contributed by atoms with van der Waals surface area (Å²) in [4.78, 5) is 7.85. The fourth-order valence-electron chi connectivity index (χ4n) is 1.18. The topological polar surface area (TPSA) is 63.8 Å². The van der Waals surface area contributed by atoms with Crippen LogP contribution in [-0.2, 0) is 0 Å². The molecule has 2 aromatic rings. The summed E-state index contributed by atoms with van der Waals surface area (Å²) in [5, 5.41) is 3.72. The molecule has 3 N–H and O–H groups in total. The Balaban J connectivity index is 2.31. The van der Waals surface area contributed by atoms with E-state index in [0.717, 1.165) is 10.2 Å². The first-order valence-corrected chi connectivity index (χ1v) is 5.62. The van der Waals surface area contributed by atoms with Crippen LogP contribution in [0.5, 0.6) is 0 Å². The molecule has 0 radical (unpaired) electrons. The molecule has 0 spiro atoms. The van der Waals surface area contributed by atoms with Gasteiger partial charge in [-0.1, -0.05) is 17.7 Å². The Morgan fingerprint density at radius 3 is 2.88 bits per heavy atom. The van der Waals surface area contributed by atoms with Crippen LogP contribution >= 0.6 is 27.5 Å². The van der Waals surface area contributed by atoms with Gasteiger partial charge >= 0.3 is 0 Å². The van der Waals surface area contributed by atoms with Gasteiger partial charge < -0.3 is 11.1 Å². The molecule has 1 aromatic heterocycles. The smallest absolute Gasteiger partial charge is 0.135 e. The van der Waals surface area contributed by atoms with E-state index in [-0.39, 0.29) is 0 Å². The second kappa shape index (κ2) is 4.67. The van der Waals surface area contributed by atoms with Gasteiger partial charge in [0.15, 0.2) is 0 Å². The number of hydrogen-bond acceptors (Lipinski definition) is 4. The monoisotopic (exact) mass is 298 g/mol. The predicted octanol–water partition coefficient (Wildman–Crippen LogP) is 3.22. The van der Waals surface area contributed by atoms with Crippen molar-refractivity contribution < 1.29 is 0 Å². The molecular weight excluding hydrogens is 291 g/mol. The van der Waals surface area contributed by atoms with Crippen LogP contribution in [0, 0.1) is 0 Å². The van der Waals surface area contributed by atoms with Crippen LogP contribution in [0.2, 0.25) is 5.02 Å². The number of benzene rings is 1. The maximum atomic E-state index is 5.97. The van der Waals surface area contributed by atoms with Gasteiger partial charge in [0, 0.05) is 6.07 Å². The van der Waals surface area contributed by atoms with Crippen LogP contribution in [0.15, 0.2) is 35.1 Å². The molecule has 0 aliphatic heterocycles. The normalized spacial score (nSPS) is 10.1. The molecule has 0 bridgehead atoms. The molecule has 4 nitrogen and oxygen atoms in total. The summed E-state index contributed by atoms with van der Waals surface area (Å²) in [6.07, 6.45) is 1.40. The molecule has 0 saturated carbocycles. The Morgan fingerprint density at radius 1 is 1.31 bits per heavy atom. The fraction of sp³-hybridized carbons (Fsp3) is 0. The van der Waals surface area contributed by atoms with Crippen LogP contribution in [-0.4, -0.2) is 9.97 Å². The molecule has 0 aliphatic rings. The van der Waals surface area contributed by atoms with Crippen molar-refractivity contribution in [3.8, 4) is 0 Å². The molecular formula is C10H8BrClN4. The van der Waals surface area contributed by atoms with Gasteiger partial charge in [0.1, 0.15) is 18.0 Å². The average Bonchev–Trinajstić information content (AvgIpc) is 2.25. The number of anilines is 3. The maximum absolute atomic E-state index is 5.97. The summed E-state index contributed by atoms with van der Waals surface area (Å²) in [6.45, 7) is 0. The second-order valence-electron chi connectivity index (χ2n) is 3.05. The highest BCUT2D eigenvalue weighted by atomic mass is 79.9. The number of nitrogens with zero attached hydrogens (tertiary/aromatic N) is 2. The first kappa shape index (κ1) is 11.2. The van der Waals surface area contributed by atoms with E-state index in [2.05, 4.69) is 31.2 Å². The van der Waals surface area contributed by atoms with Crippen molar-refractivity contribution in [2.45, 2.75) is 0 Å². The number of nitrogens with two attached hydrogens (primary N) is 1. The molecule has 2 rings (SSSR count). The van der Waals surface area contributed by atoms with Crippen molar-refractivity contribution >= 4 is 44.9 Å². The van der Waals surface area contributed by atoms with Crippen molar-refractivity contribution in [2.75, 3.05) is 11.1 Å². The number of aromatic nitrogens is 2. The standard InChI is InChI=1S/C10H8BrClN4/c11-10-6(12)2-1-3-7(10)16-9-4-8(13)14-5-15-9/h1-5H,(H3,13,14,15,16). The molecule has 16 heavy (non-hydrogen) atoms. The molecule has 0 aliphatic carbocycles. The first-order chi connectivity index (χ1) is 7.66. The number of nitrogen functional groups attached to an aromatic ring is 1. The van der Waals surface area contributed by atoms with E-state index in [1.807, 2.05) is 12.1 Å². The minimum atomic E-state index is 0.413. The Labute approximate surface area is 106 Å². The lowest BCUT2D eigenvalue weighted by Crippen LogP contribution is -1.97. The van der Waals surface area contributed by atoms with E-state index in [1.165, 1.54) is 6.33 Å². The summed E-state index contributed by atoms with van der Waals surface area (Å²) in [5.41, 5.74) is 6.38. The highest BCUT2D eigenvalue weighted by molar-refractivity contribution is 9.10. The van der Waals surface area contributed by atoms with Crippen LogP contribution in [0.4, 0.5) is 17.3 Å². The van der Waals surface area contributed by atoms with Crippen molar-refractivity contribution in [1.29, 1.82) is 0 Å². The highest BCUT2D eigenvalue weighted by Crippen LogP contribution is 2.31. The zero-order valence-electron chi connectivity index (χ0n) is 8.11. The molecule has 82 valence electrons. The lowest BCUT2D eigenvalue weighted by Gasteiger charge is -2.08. The largest absolute Gasteiger partial charge is 0.384 e. The van der Waals surface area contributed by atoms with Crippen LogP contribution in [0.3, 0.4) is 0 Å². The SMILES string of the molecule is Nc1cc(Nc2cccc(Cl)c2Br)ncn1. The zero-order chi connectivity index (χ0) is 11.5. The Bertz CT molecular complexity index is 518. The number of nitrogens with one attached hydrogen (secondary N) is 1. The molecule has 6 heteroatoms. The Kier molecular flexibility index (Phi) is 3.26. The second-order valence-corrected chi connectivity index (χ2v) is 4.25. The van der Waals surface area contributed by atoms with Crippen molar-refractivity contribution in [3.05, 3.63) is 40.1 Å². The van der Waals surface area contributed by atoms with Crippen molar-refractivity contribution in [2.24, 2.45) is 0 Å². The summed E-state index contributed by atoms with van der Waals surface area (Å²) < 4.78 is 0.786. The number of hydrogen-bond donors (Lipinski definition) is 2. The van der Waals surface area contributed by atoms with Gasteiger partial charge in [0.05, 0.1) is 15.2 Å². The van der Waals surface area contributed by atoms with Gasteiger partial charge in [-0.2, -0.15) is 0 Å². The van der Waals surface area contributed by atoms with Gasteiger partial charge in [-0.15, -0.1) is 0 Å².